The Morgan fingerprint density at radius 2 is 1.79 bits per heavy atom. The van der Waals surface area contributed by atoms with E-state index in [1.807, 2.05) is 36.4 Å². The van der Waals surface area contributed by atoms with Crippen molar-refractivity contribution in [1.82, 2.24) is 10.1 Å². The van der Waals surface area contributed by atoms with Crippen LogP contribution in [0.15, 0.2) is 53.1 Å². The summed E-state index contributed by atoms with van der Waals surface area (Å²) in [5, 5.41) is 16.5. The van der Waals surface area contributed by atoms with Crippen molar-refractivity contribution in [1.29, 1.82) is 0 Å². The maximum Gasteiger partial charge on any atom is 0.282 e. The number of hydrogen-bond donors (Lipinski definition) is 1. The normalized spacial score (nSPS) is 26.9. The Labute approximate surface area is 230 Å². The molecule has 4 fully saturated rings. The van der Waals surface area contributed by atoms with Crippen LogP contribution in [0.3, 0.4) is 0 Å². The first-order chi connectivity index (χ1) is 18.0. The highest BCUT2D eigenvalue weighted by molar-refractivity contribution is 5.30. The molecule has 4 aliphatic rings. The van der Waals surface area contributed by atoms with E-state index in [-0.39, 0.29) is 30.2 Å². The molecule has 6 nitrogen and oxygen atoms in total. The number of ether oxygens (including phenoxy) is 1. The number of nitrogens with zero attached hydrogens (tertiary/aromatic N) is 3. The lowest BCUT2D eigenvalue weighted by Crippen LogP contribution is -3.00. The van der Waals surface area contributed by atoms with Crippen molar-refractivity contribution in [2.24, 2.45) is 11.8 Å². The third-order valence-corrected chi connectivity index (χ3v) is 9.16. The molecule has 3 aromatic rings. The summed E-state index contributed by atoms with van der Waals surface area (Å²) in [7, 11) is 0. The number of fused-ring (bicyclic) bond motifs is 3. The Morgan fingerprint density at radius 1 is 1.05 bits per heavy atom. The Balaban J connectivity index is 0.00000294. The quantitative estimate of drug-likeness (QED) is 0.466. The van der Waals surface area contributed by atoms with Crippen molar-refractivity contribution < 1.29 is 35.6 Å². The van der Waals surface area contributed by atoms with Gasteiger partial charge < -0.3 is 31.3 Å². The maximum absolute atomic E-state index is 14.1. The van der Waals surface area contributed by atoms with E-state index in [9.17, 15) is 9.50 Å². The number of aromatic nitrogens is 2. The van der Waals surface area contributed by atoms with Crippen LogP contribution in [-0.2, 0) is 12.1 Å². The predicted octanol–water partition coefficient (Wildman–Crippen LogP) is 2.53. The van der Waals surface area contributed by atoms with Gasteiger partial charge in [-0.05, 0) is 42.9 Å². The van der Waals surface area contributed by atoms with Crippen molar-refractivity contribution in [2.45, 2.75) is 70.1 Å². The predicted molar refractivity (Wildman–Crippen MR) is 137 cm³/mol. The molecular weight excluding hydrogens is 505 g/mol. The third kappa shape index (κ3) is 5.08. The fourth-order valence-corrected chi connectivity index (χ4v) is 6.92. The van der Waals surface area contributed by atoms with Crippen molar-refractivity contribution >= 4 is 0 Å². The monoisotopic (exact) mass is 541 g/mol. The van der Waals surface area contributed by atoms with E-state index in [1.165, 1.54) is 12.5 Å². The van der Waals surface area contributed by atoms with Gasteiger partial charge in [-0.15, -0.1) is 0 Å². The molecule has 3 saturated heterocycles. The second-order valence-electron chi connectivity index (χ2n) is 11.5. The summed E-state index contributed by atoms with van der Waals surface area (Å²) in [4.78, 5) is 4.83. The Bertz CT molecular complexity index is 1220. The number of benzene rings is 2. The molecule has 0 unspecified atom stereocenters. The van der Waals surface area contributed by atoms with Gasteiger partial charge in [-0.1, -0.05) is 60.8 Å². The van der Waals surface area contributed by atoms with Crippen LogP contribution in [-0.4, -0.2) is 45.5 Å². The summed E-state index contributed by atoms with van der Waals surface area (Å²) in [6.07, 6.45) is 7.50. The molecule has 1 N–H and O–H groups in total. The molecular formula is C30H37ClFN3O3. The van der Waals surface area contributed by atoms with E-state index >= 15 is 0 Å². The molecule has 2 atom stereocenters. The lowest BCUT2D eigenvalue weighted by molar-refractivity contribution is -0.959. The Hall–Kier alpha value is -2.48. The van der Waals surface area contributed by atoms with Gasteiger partial charge in [-0.25, -0.2) is 4.39 Å². The average molecular weight is 542 g/mol. The van der Waals surface area contributed by atoms with Crippen LogP contribution in [0.1, 0.15) is 67.8 Å². The first-order valence-electron chi connectivity index (χ1n) is 13.8. The first-order valence-corrected chi connectivity index (χ1v) is 13.8. The van der Waals surface area contributed by atoms with Crippen molar-refractivity contribution in [3.05, 3.63) is 77.2 Å². The molecule has 0 spiro atoms. The van der Waals surface area contributed by atoms with Crippen LogP contribution in [0, 0.1) is 24.6 Å². The SMILES string of the molecule is Cc1ccc(O[C@H]2C[N+]3(Cc4nc([C@](O)(c5ccccc5)C5CCCCC5)no4)CCC2CC3)cc1F.[Cl-]. The molecule has 2 bridgehead atoms. The minimum absolute atomic E-state index is 0. The molecule has 8 heteroatoms. The summed E-state index contributed by atoms with van der Waals surface area (Å²) < 4.78 is 27.1. The van der Waals surface area contributed by atoms with E-state index in [1.54, 1.807) is 13.0 Å². The number of aliphatic hydroxyl groups is 1. The highest BCUT2D eigenvalue weighted by atomic mass is 35.5. The fraction of sp³-hybridized carbons (Fsp3) is 0.533. The highest BCUT2D eigenvalue weighted by Crippen LogP contribution is 2.43. The number of rotatable bonds is 7. The zero-order valence-corrected chi connectivity index (χ0v) is 22.7. The van der Waals surface area contributed by atoms with Crippen LogP contribution >= 0.6 is 0 Å². The molecule has 3 aliphatic heterocycles. The van der Waals surface area contributed by atoms with Crippen molar-refractivity contribution in [3.8, 4) is 5.75 Å². The third-order valence-electron chi connectivity index (χ3n) is 9.16. The zero-order chi connectivity index (χ0) is 25.5. The Morgan fingerprint density at radius 3 is 2.50 bits per heavy atom. The van der Waals surface area contributed by atoms with Gasteiger partial charge in [0, 0.05) is 24.8 Å². The second-order valence-corrected chi connectivity index (χ2v) is 11.5. The van der Waals surface area contributed by atoms with Gasteiger partial charge in [0.1, 0.15) is 18.1 Å². The van der Waals surface area contributed by atoms with E-state index < -0.39 is 5.60 Å². The number of piperidine rings is 3. The molecule has 1 saturated carbocycles. The minimum Gasteiger partial charge on any atom is -1.00 e. The highest BCUT2D eigenvalue weighted by Gasteiger charge is 2.49. The Kier molecular flexibility index (Phi) is 7.81. The molecule has 204 valence electrons. The molecule has 2 aromatic carbocycles. The zero-order valence-electron chi connectivity index (χ0n) is 22.0. The molecule has 38 heavy (non-hydrogen) atoms. The average Bonchev–Trinajstić information content (AvgIpc) is 3.40. The van der Waals surface area contributed by atoms with Crippen molar-refractivity contribution in [2.75, 3.05) is 19.6 Å². The van der Waals surface area contributed by atoms with E-state index in [0.717, 1.165) is 68.2 Å². The van der Waals surface area contributed by atoms with E-state index in [4.69, 9.17) is 14.2 Å². The molecule has 0 amide bonds. The molecule has 1 aliphatic carbocycles. The minimum atomic E-state index is -1.25. The number of quaternary nitrogens is 1. The molecule has 0 radical (unpaired) electrons. The number of halogens is 2. The summed E-state index contributed by atoms with van der Waals surface area (Å²) in [6, 6.07) is 15.0. The van der Waals surface area contributed by atoms with Gasteiger partial charge in [0.05, 0.1) is 13.1 Å². The van der Waals surface area contributed by atoms with Crippen molar-refractivity contribution in [3.63, 3.8) is 0 Å². The van der Waals surface area contributed by atoms with E-state index in [2.05, 4.69) is 5.16 Å². The second kappa shape index (κ2) is 10.9. The molecule has 7 rings (SSSR count). The van der Waals surface area contributed by atoms with Crippen LogP contribution in [0.4, 0.5) is 4.39 Å². The standard InChI is InChI=1S/C30H37FN3O3.ClH/c1-21-12-13-25(18-26(21)31)36-27-19-34(16-14-22(27)15-17-34)20-28-32-29(33-37-28)30(35,23-8-4-2-5-9-23)24-10-6-3-7-11-24;/h2,4-5,8-9,12-13,18,22,24,27,35H,3,6-7,10-11,14-17,19-20H2,1H3;1H/q+1;/p-1/t22?,27-,30-,34?;/m0./s1. The fourth-order valence-electron chi connectivity index (χ4n) is 6.92. The lowest BCUT2D eigenvalue weighted by atomic mass is 9.73. The first kappa shape index (κ1) is 27.1. The topological polar surface area (TPSA) is 68.4 Å². The van der Waals surface area contributed by atoms with Gasteiger partial charge in [0.2, 0.25) is 5.82 Å². The van der Waals surface area contributed by atoms with Crippen LogP contribution in [0.2, 0.25) is 0 Å². The summed E-state index contributed by atoms with van der Waals surface area (Å²) in [6.45, 7) is 5.30. The van der Waals surface area contributed by atoms with E-state index in [0.29, 0.717) is 35.5 Å². The largest absolute Gasteiger partial charge is 1.00 e. The lowest BCUT2D eigenvalue weighted by Gasteiger charge is -2.51. The van der Waals surface area contributed by atoms with Gasteiger partial charge in [-0.3, -0.25) is 0 Å². The molecule has 1 aromatic heterocycles. The molecule has 4 heterocycles. The number of hydrogen-bond acceptors (Lipinski definition) is 5. The van der Waals surface area contributed by atoms with Gasteiger partial charge >= 0.3 is 0 Å². The summed E-state index contributed by atoms with van der Waals surface area (Å²) >= 11 is 0. The summed E-state index contributed by atoms with van der Waals surface area (Å²) in [5.74, 6) is 1.87. The van der Waals surface area contributed by atoms with Gasteiger partial charge in [0.25, 0.3) is 5.89 Å². The van der Waals surface area contributed by atoms with Gasteiger partial charge in [-0.2, -0.15) is 4.98 Å². The summed E-state index contributed by atoms with van der Waals surface area (Å²) in [5.41, 5.74) is 0.207. The number of aryl methyl sites for hydroxylation is 1. The maximum atomic E-state index is 14.1. The van der Waals surface area contributed by atoms with Crippen LogP contribution in [0.25, 0.3) is 0 Å². The van der Waals surface area contributed by atoms with Gasteiger partial charge in [0.15, 0.2) is 18.2 Å². The van der Waals surface area contributed by atoms with Crippen LogP contribution in [0.5, 0.6) is 5.75 Å². The smallest absolute Gasteiger partial charge is 0.282 e. The van der Waals surface area contributed by atoms with Crippen LogP contribution < -0.4 is 17.1 Å².